The second-order valence-corrected chi connectivity index (χ2v) is 8.62. The first-order valence-corrected chi connectivity index (χ1v) is 11.7. The molecule has 11 nitrogen and oxygen atoms in total. The zero-order chi connectivity index (χ0) is 26.1. The number of hydrogen-bond acceptors (Lipinski definition) is 5. The largest absolute Gasteiger partial charge is 0.350 e. The Morgan fingerprint density at radius 1 is 0.946 bits per heavy atom. The molecule has 0 aliphatic rings. The minimum atomic E-state index is -0.721. The minimum Gasteiger partial charge on any atom is -0.350 e. The molecule has 0 bridgehead atoms. The number of carbonyl (C=O) groups is 2. The molecule has 0 saturated heterocycles. The van der Waals surface area contributed by atoms with Crippen LogP contribution < -0.4 is 22.1 Å². The average Bonchev–Trinajstić information content (AvgIpc) is 3.50. The Balaban J connectivity index is 1.43. The van der Waals surface area contributed by atoms with Crippen molar-refractivity contribution in [2.24, 2.45) is 7.05 Å². The number of imidazole rings is 1. The molecule has 2 amide bonds. The maximum atomic E-state index is 13.4. The van der Waals surface area contributed by atoms with Crippen LogP contribution >= 0.6 is 0 Å². The molecule has 0 atom stereocenters. The summed E-state index contributed by atoms with van der Waals surface area (Å²) in [6, 6.07) is 16.7. The van der Waals surface area contributed by atoms with Gasteiger partial charge in [-0.05, 0) is 18.6 Å². The quantitative estimate of drug-likeness (QED) is 0.342. The van der Waals surface area contributed by atoms with Gasteiger partial charge in [-0.2, -0.15) is 0 Å². The van der Waals surface area contributed by atoms with Gasteiger partial charge in [0.15, 0.2) is 11.2 Å². The number of para-hydroxylation sites is 1. The van der Waals surface area contributed by atoms with Crippen LogP contribution in [0.15, 0.2) is 76.7 Å². The molecular weight excluding hydrogens is 474 g/mol. The van der Waals surface area contributed by atoms with Gasteiger partial charge in [-0.15, -0.1) is 0 Å². The van der Waals surface area contributed by atoms with Crippen molar-refractivity contribution in [3.05, 3.63) is 99.1 Å². The summed E-state index contributed by atoms with van der Waals surface area (Å²) in [4.78, 5) is 56.4. The van der Waals surface area contributed by atoms with Crippen molar-refractivity contribution in [2.75, 3.05) is 0 Å². The minimum absolute atomic E-state index is 0.177. The SMILES string of the molecule is CCn1cnc2c1c(=O)n(CC(=O)NNC(=O)c1cn(C)c3ccccc13)c(=O)n2Cc1ccccc1. The smallest absolute Gasteiger partial charge is 0.333 e. The molecular formula is C26H25N7O4. The maximum absolute atomic E-state index is 13.4. The number of aryl methyl sites for hydroxylation is 2. The molecule has 5 rings (SSSR count). The lowest BCUT2D eigenvalue weighted by Gasteiger charge is -2.13. The molecule has 0 saturated carbocycles. The van der Waals surface area contributed by atoms with Crippen LogP contribution in [-0.2, 0) is 31.5 Å². The first-order valence-electron chi connectivity index (χ1n) is 11.7. The van der Waals surface area contributed by atoms with Crippen molar-refractivity contribution in [1.29, 1.82) is 0 Å². The van der Waals surface area contributed by atoms with E-state index in [1.165, 1.54) is 10.9 Å². The monoisotopic (exact) mass is 499 g/mol. The van der Waals surface area contributed by atoms with E-state index < -0.39 is 29.6 Å². The third-order valence-corrected chi connectivity index (χ3v) is 6.27. The second-order valence-electron chi connectivity index (χ2n) is 8.62. The molecule has 2 N–H and O–H groups in total. The number of rotatable bonds is 6. The van der Waals surface area contributed by atoms with E-state index in [1.54, 1.807) is 10.8 Å². The number of amides is 2. The number of fused-ring (bicyclic) bond motifs is 2. The Hall–Kier alpha value is -4.93. The molecule has 2 aromatic carbocycles. The van der Waals surface area contributed by atoms with E-state index in [2.05, 4.69) is 15.8 Å². The lowest BCUT2D eigenvalue weighted by Crippen LogP contribution is -2.48. The third-order valence-electron chi connectivity index (χ3n) is 6.27. The fourth-order valence-electron chi connectivity index (χ4n) is 4.43. The fraction of sp³-hybridized carbons (Fsp3) is 0.192. The number of hydrogen-bond donors (Lipinski definition) is 2. The predicted octanol–water partition coefficient (Wildman–Crippen LogP) is 1.38. The average molecular weight is 500 g/mol. The van der Waals surface area contributed by atoms with Gasteiger partial charge in [-0.3, -0.25) is 29.8 Å². The van der Waals surface area contributed by atoms with Crippen molar-refractivity contribution in [2.45, 2.75) is 26.6 Å². The summed E-state index contributed by atoms with van der Waals surface area (Å²) >= 11 is 0. The van der Waals surface area contributed by atoms with Gasteiger partial charge in [0.25, 0.3) is 17.4 Å². The van der Waals surface area contributed by atoms with E-state index in [1.807, 2.05) is 73.1 Å². The summed E-state index contributed by atoms with van der Waals surface area (Å²) in [7, 11) is 1.82. The molecule has 0 aliphatic heterocycles. The topological polar surface area (TPSA) is 125 Å². The van der Waals surface area contributed by atoms with Gasteiger partial charge in [0.05, 0.1) is 18.4 Å². The highest BCUT2D eigenvalue weighted by atomic mass is 16.2. The number of nitrogens with zero attached hydrogens (tertiary/aromatic N) is 5. The Labute approximate surface area is 210 Å². The van der Waals surface area contributed by atoms with Crippen molar-refractivity contribution in [3.63, 3.8) is 0 Å². The van der Waals surface area contributed by atoms with Crippen LogP contribution in [-0.4, -0.2) is 35.1 Å². The number of hydrazine groups is 1. The Morgan fingerprint density at radius 2 is 1.68 bits per heavy atom. The number of carbonyl (C=O) groups excluding carboxylic acids is 2. The normalized spacial score (nSPS) is 11.2. The molecule has 188 valence electrons. The summed E-state index contributed by atoms with van der Waals surface area (Å²) < 4.78 is 5.68. The van der Waals surface area contributed by atoms with Crippen LogP contribution in [0.4, 0.5) is 0 Å². The fourth-order valence-corrected chi connectivity index (χ4v) is 4.43. The summed E-state index contributed by atoms with van der Waals surface area (Å²) in [5.41, 5.74) is 5.97. The maximum Gasteiger partial charge on any atom is 0.333 e. The highest BCUT2D eigenvalue weighted by Crippen LogP contribution is 2.19. The van der Waals surface area contributed by atoms with Crippen molar-refractivity contribution in [3.8, 4) is 0 Å². The number of aromatic nitrogens is 5. The molecule has 5 aromatic rings. The molecule has 0 aliphatic carbocycles. The van der Waals surface area contributed by atoms with E-state index in [4.69, 9.17) is 0 Å². The molecule has 0 unspecified atom stereocenters. The highest BCUT2D eigenvalue weighted by Gasteiger charge is 2.20. The van der Waals surface area contributed by atoms with Gasteiger partial charge >= 0.3 is 5.69 Å². The van der Waals surface area contributed by atoms with Crippen LogP contribution in [0.25, 0.3) is 22.1 Å². The summed E-state index contributed by atoms with van der Waals surface area (Å²) in [6.45, 7) is 1.92. The highest BCUT2D eigenvalue weighted by molar-refractivity contribution is 6.07. The van der Waals surface area contributed by atoms with E-state index in [0.717, 1.165) is 21.0 Å². The summed E-state index contributed by atoms with van der Waals surface area (Å²) in [6.07, 6.45) is 3.17. The zero-order valence-corrected chi connectivity index (χ0v) is 20.3. The molecule has 0 fully saturated rings. The Bertz CT molecular complexity index is 1760. The standard InChI is InChI=1S/C26H25N7O4/c1-3-31-16-27-23-22(31)25(36)33(26(37)32(23)13-17-9-5-4-6-10-17)15-21(34)28-29-24(35)19-14-30(2)20-12-8-7-11-18(19)20/h4-12,14,16H,3,13,15H2,1-2H3,(H,28,34)(H,29,35). The van der Waals surface area contributed by atoms with E-state index in [-0.39, 0.29) is 17.7 Å². The second kappa shape index (κ2) is 9.61. The molecule has 37 heavy (non-hydrogen) atoms. The molecule has 3 aromatic heterocycles. The van der Waals surface area contributed by atoms with Crippen LogP contribution in [0.2, 0.25) is 0 Å². The molecule has 3 heterocycles. The van der Waals surface area contributed by atoms with Gasteiger partial charge in [0.1, 0.15) is 6.54 Å². The summed E-state index contributed by atoms with van der Waals surface area (Å²) in [5.74, 6) is -1.24. The van der Waals surface area contributed by atoms with Crippen LogP contribution in [0.5, 0.6) is 0 Å². The van der Waals surface area contributed by atoms with Crippen LogP contribution in [0.3, 0.4) is 0 Å². The van der Waals surface area contributed by atoms with Gasteiger partial charge in [-0.25, -0.2) is 14.3 Å². The van der Waals surface area contributed by atoms with Gasteiger partial charge in [0, 0.05) is 30.7 Å². The Kier molecular flexibility index (Phi) is 6.18. The van der Waals surface area contributed by atoms with Gasteiger partial charge < -0.3 is 9.13 Å². The van der Waals surface area contributed by atoms with Gasteiger partial charge in [-0.1, -0.05) is 48.5 Å². The van der Waals surface area contributed by atoms with E-state index >= 15 is 0 Å². The van der Waals surface area contributed by atoms with E-state index in [9.17, 15) is 19.2 Å². The number of nitrogens with one attached hydrogen (secondary N) is 2. The van der Waals surface area contributed by atoms with Crippen molar-refractivity contribution in [1.82, 2.24) is 34.1 Å². The number of benzene rings is 2. The first-order chi connectivity index (χ1) is 17.9. The first kappa shape index (κ1) is 23.8. The third kappa shape index (κ3) is 4.31. The van der Waals surface area contributed by atoms with E-state index in [0.29, 0.717) is 12.1 Å². The predicted molar refractivity (Wildman–Crippen MR) is 138 cm³/mol. The molecule has 0 radical (unpaired) electrons. The van der Waals surface area contributed by atoms with Gasteiger partial charge in [0.2, 0.25) is 0 Å². The summed E-state index contributed by atoms with van der Waals surface area (Å²) in [5, 5.41) is 0.732. The lowest BCUT2D eigenvalue weighted by molar-refractivity contribution is -0.122. The molecule has 11 heteroatoms. The van der Waals surface area contributed by atoms with Crippen molar-refractivity contribution < 1.29 is 9.59 Å². The molecule has 0 spiro atoms. The zero-order valence-electron chi connectivity index (χ0n) is 20.3. The van der Waals surface area contributed by atoms with Crippen molar-refractivity contribution >= 4 is 33.9 Å². The van der Waals surface area contributed by atoms with Crippen LogP contribution in [0, 0.1) is 0 Å². The van der Waals surface area contributed by atoms with Crippen LogP contribution in [0.1, 0.15) is 22.8 Å². The lowest BCUT2D eigenvalue weighted by atomic mass is 10.2. The Morgan fingerprint density at radius 3 is 2.43 bits per heavy atom.